The second-order valence-corrected chi connectivity index (χ2v) is 7.84. The first-order valence-electron chi connectivity index (χ1n) is 7.86. The van der Waals surface area contributed by atoms with Crippen molar-refractivity contribution in [2.75, 3.05) is 18.9 Å². The third-order valence-electron chi connectivity index (χ3n) is 4.06. The van der Waals surface area contributed by atoms with Gasteiger partial charge in [-0.3, -0.25) is 4.79 Å². The molecule has 1 aromatic heterocycles. The van der Waals surface area contributed by atoms with E-state index in [2.05, 4.69) is 23.3 Å². The molecule has 130 valence electrons. The molecule has 1 amide bonds. The quantitative estimate of drug-likeness (QED) is 0.690. The molecule has 0 spiro atoms. The zero-order valence-corrected chi connectivity index (χ0v) is 16.2. The number of carbonyl (C=O) groups is 1. The van der Waals surface area contributed by atoms with Crippen LogP contribution in [0.2, 0.25) is 10.0 Å². The molecule has 2 aromatic carbocycles. The lowest BCUT2D eigenvalue weighted by Gasteiger charge is -2.19. The predicted octanol–water partition coefficient (Wildman–Crippen LogP) is 3.82. The molecule has 0 aliphatic heterocycles. The number of nitrogens with zero attached hydrogens (tertiary/aromatic N) is 1. The molecule has 25 heavy (non-hydrogen) atoms. The summed E-state index contributed by atoms with van der Waals surface area (Å²) in [6, 6.07) is 13.2. The van der Waals surface area contributed by atoms with Crippen LogP contribution in [-0.4, -0.2) is 24.5 Å². The Morgan fingerprint density at radius 3 is 2.80 bits per heavy atom. The van der Waals surface area contributed by atoms with E-state index < -0.39 is 0 Å². The van der Waals surface area contributed by atoms with Crippen molar-refractivity contribution in [3.05, 3.63) is 57.5 Å². The zero-order valence-electron chi connectivity index (χ0n) is 13.8. The van der Waals surface area contributed by atoms with E-state index >= 15 is 0 Å². The lowest BCUT2D eigenvalue weighted by molar-refractivity contribution is -0.902. The Labute approximate surface area is 160 Å². The number of quaternary nitrogens is 1. The first-order chi connectivity index (χ1) is 11.9. The maximum atomic E-state index is 12.3. The number of para-hydroxylation sites is 1. The summed E-state index contributed by atoms with van der Waals surface area (Å²) in [4.78, 5) is 18.1. The highest BCUT2D eigenvalue weighted by atomic mass is 35.5. The predicted molar refractivity (Wildman–Crippen MR) is 105 cm³/mol. The van der Waals surface area contributed by atoms with Crippen molar-refractivity contribution in [1.29, 1.82) is 0 Å². The monoisotopic (exact) mass is 394 g/mol. The van der Waals surface area contributed by atoms with E-state index in [0.29, 0.717) is 22.3 Å². The molecule has 0 bridgehead atoms. The Balaban J connectivity index is 1.67. The Morgan fingerprint density at radius 2 is 2.04 bits per heavy atom. The van der Waals surface area contributed by atoms with Crippen molar-refractivity contribution in [3.63, 3.8) is 0 Å². The molecule has 0 aliphatic rings. The molecule has 0 radical (unpaired) electrons. The Kier molecular flexibility index (Phi) is 5.59. The standard InChI is InChI=1S/C18H17Cl2N3OS/c1-11(18-22-14-5-3-4-6-16(14)25-18)23(2)10-17(24)21-15-9-12(19)7-8-13(15)20/h3-9,11H,10H2,1-2H3,(H,21,24)/p+1/t11-/m0/s1. The second-order valence-electron chi connectivity index (χ2n) is 5.94. The lowest BCUT2D eigenvalue weighted by atomic mass is 10.3. The number of amides is 1. The van der Waals surface area contributed by atoms with Gasteiger partial charge in [-0.15, -0.1) is 11.3 Å². The van der Waals surface area contributed by atoms with Gasteiger partial charge in [0.1, 0.15) is 6.04 Å². The number of benzene rings is 2. The van der Waals surface area contributed by atoms with E-state index in [1.54, 1.807) is 29.5 Å². The number of thiazole rings is 1. The van der Waals surface area contributed by atoms with E-state index in [0.717, 1.165) is 20.1 Å². The van der Waals surface area contributed by atoms with Gasteiger partial charge in [0, 0.05) is 5.02 Å². The van der Waals surface area contributed by atoms with E-state index in [1.165, 1.54) is 0 Å². The normalized spacial score (nSPS) is 13.6. The minimum Gasteiger partial charge on any atom is -0.322 e. The fourth-order valence-electron chi connectivity index (χ4n) is 2.48. The van der Waals surface area contributed by atoms with Crippen LogP contribution in [0.4, 0.5) is 5.69 Å². The maximum Gasteiger partial charge on any atom is 0.279 e. The lowest BCUT2D eigenvalue weighted by Crippen LogP contribution is -3.10. The number of likely N-dealkylation sites (N-methyl/N-ethyl adjacent to an activating group) is 1. The van der Waals surface area contributed by atoms with E-state index in [1.807, 2.05) is 25.2 Å². The third kappa shape index (κ3) is 4.30. The molecular weight excluding hydrogens is 377 g/mol. The summed E-state index contributed by atoms with van der Waals surface area (Å²) in [7, 11) is 1.98. The number of carbonyl (C=O) groups excluding carboxylic acids is 1. The van der Waals surface area contributed by atoms with Crippen LogP contribution >= 0.6 is 34.5 Å². The number of aromatic nitrogens is 1. The first kappa shape index (κ1) is 18.1. The molecule has 1 heterocycles. The van der Waals surface area contributed by atoms with Crippen LogP contribution in [0.15, 0.2) is 42.5 Å². The zero-order chi connectivity index (χ0) is 18.0. The fraction of sp³-hybridized carbons (Fsp3) is 0.222. The van der Waals surface area contributed by atoms with Gasteiger partial charge in [-0.1, -0.05) is 35.3 Å². The van der Waals surface area contributed by atoms with E-state index in [4.69, 9.17) is 23.2 Å². The minimum atomic E-state index is -0.116. The highest BCUT2D eigenvalue weighted by Crippen LogP contribution is 2.26. The van der Waals surface area contributed by atoms with Gasteiger partial charge >= 0.3 is 0 Å². The van der Waals surface area contributed by atoms with Crippen LogP contribution in [0.3, 0.4) is 0 Å². The van der Waals surface area contributed by atoms with Crippen LogP contribution in [0, 0.1) is 0 Å². The van der Waals surface area contributed by atoms with Crippen molar-refractivity contribution < 1.29 is 9.69 Å². The van der Waals surface area contributed by atoms with Gasteiger partial charge in [-0.2, -0.15) is 0 Å². The summed E-state index contributed by atoms with van der Waals surface area (Å²) < 4.78 is 1.16. The summed E-state index contributed by atoms with van der Waals surface area (Å²) in [6.07, 6.45) is 0. The average Bonchev–Trinajstić information content (AvgIpc) is 3.01. The molecule has 0 aliphatic carbocycles. The summed E-state index contributed by atoms with van der Waals surface area (Å²) in [5, 5.41) is 4.84. The number of halogens is 2. The van der Waals surface area contributed by atoms with Crippen LogP contribution in [0.1, 0.15) is 18.0 Å². The maximum absolute atomic E-state index is 12.3. The second kappa shape index (κ2) is 7.70. The first-order valence-corrected chi connectivity index (χ1v) is 9.44. The number of hydrogen-bond acceptors (Lipinski definition) is 3. The number of rotatable bonds is 5. The number of hydrogen-bond donors (Lipinski definition) is 2. The Bertz CT molecular complexity index is 879. The van der Waals surface area contributed by atoms with Gasteiger partial charge in [-0.25, -0.2) is 4.98 Å². The molecule has 1 unspecified atom stereocenters. The van der Waals surface area contributed by atoms with Gasteiger partial charge in [0.15, 0.2) is 11.6 Å². The molecular formula is C18H18Cl2N3OS+. The minimum absolute atomic E-state index is 0.109. The van der Waals surface area contributed by atoms with Gasteiger partial charge in [0.2, 0.25) is 0 Å². The summed E-state index contributed by atoms with van der Waals surface area (Å²) >= 11 is 13.7. The Hall–Kier alpha value is -1.66. The summed E-state index contributed by atoms with van der Waals surface area (Å²) in [5.41, 5.74) is 1.52. The van der Waals surface area contributed by atoms with Crippen molar-refractivity contribution in [2.45, 2.75) is 13.0 Å². The van der Waals surface area contributed by atoms with E-state index in [-0.39, 0.29) is 11.9 Å². The molecule has 0 saturated heterocycles. The van der Waals surface area contributed by atoms with Crippen molar-refractivity contribution >= 4 is 56.3 Å². The van der Waals surface area contributed by atoms with Crippen LogP contribution in [0.25, 0.3) is 10.2 Å². The molecule has 3 rings (SSSR count). The van der Waals surface area contributed by atoms with Crippen LogP contribution in [-0.2, 0) is 4.79 Å². The van der Waals surface area contributed by atoms with Crippen LogP contribution in [0.5, 0.6) is 0 Å². The van der Waals surface area contributed by atoms with Gasteiger partial charge < -0.3 is 10.2 Å². The molecule has 0 fully saturated rings. The summed E-state index contributed by atoms with van der Waals surface area (Å²) in [5.74, 6) is -0.116. The SMILES string of the molecule is C[C@@H](c1nc2ccccc2s1)[NH+](C)CC(=O)Nc1cc(Cl)ccc1Cl. The molecule has 0 saturated carbocycles. The van der Waals surface area contributed by atoms with Crippen LogP contribution < -0.4 is 10.2 Å². The van der Waals surface area contributed by atoms with Gasteiger partial charge in [0.25, 0.3) is 5.91 Å². The van der Waals surface area contributed by atoms with Crippen molar-refractivity contribution in [3.8, 4) is 0 Å². The smallest absolute Gasteiger partial charge is 0.279 e. The number of nitrogens with one attached hydrogen (secondary N) is 2. The van der Waals surface area contributed by atoms with Crippen molar-refractivity contribution in [2.24, 2.45) is 0 Å². The van der Waals surface area contributed by atoms with Gasteiger partial charge in [-0.05, 0) is 37.3 Å². The molecule has 2 N–H and O–H groups in total. The average molecular weight is 395 g/mol. The molecule has 2 atom stereocenters. The summed E-state index contributed by atoms with van der Waals surface area (Å²) in [6.45, 7) is 2.38. The molecule has 7 heteroatoms. The largest absolute Gasteiger partial charge is 0.322 e. The topological polar surface area (TPSA) is 46.4 Å². The molecule has 3 aromatic rings. The molecule has 4 nitrogen and oxygen atoms in total. The fourth-order valence-corrected chi connectivity index (χ4v) is 3.93. The number of fused-ring (bicyclic) bond motifs is 1. The Morgan fingerprint density at radius 1 is 1.28 bits per heavy atom. The highest BCUT2D eigenvalue weighted by molar-refractivity contribution is 7.18. The third-order valence-corrected chi connectivity index (χ3v) is 5.85. The number of anilines is 1. The van der Waals surface area contributed by atoms with E-state index in [9.17, 15) is 4.79 Å². The van der Waals surface area contributed by atoms with Gasteiger partial charge in [0.05, 0.1) is 28.0 Å². The highest BCUT2D eigenvalue weighted by Gasteiger charge is 2.22. The van der Waals surface area contributed by atoms with Crippen molar-refractivity contribution in [1.82, 2.24) is 4.98 Å².